The van der Waals surface area contributed by atoms with Gasteiger partial charge < -0.3 is 36.9 Å². The quantitative estimate of drug-likeness (QED) is 0.608. The molecule has 0 aliphatic carbocycles. The summed E-state index contributed by atoms with van der Waals surface area (Å²) in [6.07, 6.45) is 0. The fourth-order valence-electron chi connectivity index (χ4n) is 0. The maximum Gasteiger partial charge on any atom is 6.00 e. The molecule has 0 saturated heterocycles. The first-order valence-corrected chi connectivity index (χ1v) is 0. The van der Waals surface area contributed by atoms with E-state index in [0.29, 0.717) is 0 Å². The first-order chi connectivity index (χ1) is 0. The summed E-state index contributed by atoms with van der Waals surface area (Å²) in [4.78, 5) is 0. The molecule has 0 rings (SSSR count). The zero-order valence-electron chi connectivity index (χ0n) is 3.87. The topological polar surface area (TPSA) is 201 Å². The fourth-order valence-corrected chi connectivity index (χ4v) is 0. The van der Waals surface area contributed by atoms with Gasteiger partial charge in [-0.3, -0.25) is 0 Å². The Bertz CT molecular complexity index is 4.14. The monoisotopic (exact) mass is 280 g/mol. The summed E-state index contributed by atoms with van der Waals surface area (Å²) in [6, 6.07) is 0. The van der Waals surface area contributed by atoms with Crippen molar-refractivity contribution in [3.05, 3.63) is 36.9 Å². The second kappa shape index (κ2) is 952. The maximum atomic E-state index is 0. The third-order valence-corrected chi connectivity index (χ3v) is 0. The summed E-state index contributed by atoms with van der Waals surface area (Å²) in [7, 11) is 0. The van der Waals surface area contributed by atoms with Gasteiger partial charge in [-0.1, -0.05) is 0 Å². The first kappa shape index (κ1) is 1540. The Morgan fingerprint density at radius 3 is 0.286 bits per heavy atom. The molecule has 0 radical (unpaired) electrons. The van der Waals surface area contributed by atoms with Crippen molar-refractivity contribution in [2.24, 2.45) is 0 Å². The van der Waals surface area contributed by atoms with Crippen molar-refractivity contribution < 1.29 is 21.1 Å². The van der Waals surface area contributed by atoms with Crippen molar-refractivity contribution >= 4 is 0 Å². The van der Waals surface area contributed by atoms with Crippen LogP contribution in [0.15, 0.2) is 0 Å². The molecular formula is H12N6W. The molecule has 0 atom stereocenters. The molecule has 0 aliphatic heterocycles. The van der Waals surface area contributed by atoms with E-state index in [1.165, 1.54) is 0 Å². The van der Waals surface area contributed by atoms with Crippen LogP contribution in [0.25, 0.3) is 36.9 Å². The van der Waals surface area contributed by atoms with Crippen LogP contribution in [0.1, 0.15) is 0 Å². The number of nitrogens with two attached hydrogens (primary N) is 6. The Morgan fingerprint density at radius 1 is 0.286 bits per heavy atom. The van der Waals surface area contributed by atoms with Gasteiger partial charge in [-0.25, -0.2) is 0 Å². The summed E-state index contributed by atoms with van der Waals surface area (Å²) in [5, 5.41) is 0. The van der Waals surface area contributed by atoms with Crippen molar-refractivity contribution in [1.82, 2.24) is 0 Å². The average Bonchev–Trinajstić information content (AvgIpc) is 0. The Morgan fingerprint density at radius 2 is 0.286 bits per heavy atom. The van der Waals surface area contributed by atoms with Gasteiger partial charge in [-0.05, 0) is 0 Å². The molecular weight excluding hydrogens is 268 g/mol. The third-order valence-electron chi connectivity index (χ3n) is 0. The molecule has 6 nitrogen and oxygen atoms in total. The smallest absolute Gasteiger partial charge is 0.693 e. The number of rotatable bonds is 0. The van der Waals surface area contributed by atoms with Crippen LogP contribution in [-0.4, -0.2) is 0 Å². The van der Waals surface area contributed by atoms with Gasteiger partial charge in [0, 0.05) is 0 Å². The van der Waals surface area contributed by atoms with Gasteiger partial charge in [0.2, 0.25) is 0 Å². The molecule has 0 aromatic rings. The van der Waals surface area contributed by atoms with E-state index in [1.807, 2.05) is 0 Å². The van der Waals surface area contributed by atoms with Gasteiger partial charge in [-0.2, -0.15) is 0 Å². The minimum absolute atomic E-state index is 0. The molecule has 48 valence electrons. The van der Waals surface area contributed by atoms with Crippen LogP contribution in [0, 0.1) is 0 Å². The van der Waals surface area contributed by atoms with Gasteiger partial charge in [-0.15, -0.1) is 0 Å². The molecule has 0 aromatic heterocycles. The molecule has 0 saturated carbocycles. The van der Waals surface area contributed by atoms with Crippen LogP contribution in [0.4, 0.5) is 0 Å². The largest absolute Gasteiger partial charge is 6.00 e. The average molecular weight is 280 g/mol. The van der Waals surface area contributed by atoms with E-state index in [1.54, 1.807) is 0 Å². The van der Waals surface area contributed by atoms with Crippen molar-refractivity contribution in [2.45, 2.75) is 0 Å². The molecule has 0 aliphatic rings. The molecule has 0 amide bonds. The predicted molar refractivity (Wildman–Crippen MR) is 31.7 cm³/mol. The minimum atomic E-state index is 0. The van der Waals surface area contributed by atoms with Crippen molar-refractivity contribution in [1.29, 1.82) is 0 Å². The van der Waals surface area contributed by atoms with Crippen LogP contribution < -0.4 is 0 Å². The van der Waals surface area contributed by atoms with Gasteiger partial charge >= 0.3 is 21.1 Å². The summed E-state index contributed by atoms with van der Waals surface area (Å²) >= 11 is 0. The van der Waals surface area contributed by atoms with E-state index in [-0.39, 0.29) is 58.0 Å². The Kier molecular flexibility index (Phi) is 210000. The Balaban J connectivity index is 0. The van der Waals surface area contributed by atoms with Crippen LogP contribution in [-0.2, 0) is 21.1 Å². The molecule has 0 spiro atoms. The fraction of sp³-hybridized carbons (Fsp3) is 0. The van der Waals surface area contributed by atoms with Gasteiger partial charge in [0.15, 0.2) is 0 Å². The van der Waals surface area contributed by atoms with E-state index in [0.717, 1.165) is 0 Å². The minimum Gasteiger partial charge on any atom is -0.693 e. The van der Waals surface area contributed by atoms with E-state index >= 15 is 0 Å². The third kappa shape index (κ3) is 635. The molecule has 0 fully saturated rings. The van der Waals surface area contributed by atoms with Crippen LogP contribution in [0.3, 0.4) is 0 Å². The van der Waals surface area contributed by atoms with Gasteiger partial charge in [0.1, 0.15) is 0 Å². The molecule has 0 aromatic carbocycles. The maximum absolute atomic E-state index is 0. The van der Waals surface area contributed by atoms with Crippen molar-refractivity contribution in [3.8, 4) is 0 Å². The molecule has 12 N–H and O–H groups in total. The van der Waals surface area contributed by atoms with Crippen LogP contribution in [0.2, 0.25) is 0 Å². The molecule has 0 unspecified atom stereocenters. The van der Waals surface area contributed by atoms with E-state index in [9.17, 15) is 0 Å². The van der Waals surface area contributed by atoms with Crippen LogP contribution in [0.5, 0.6) is 0 Å². The molecule has 7 heavy (non-hydrogen) atoms. The standard InChI is InChI=1S/6H2N.W/h6*1H2;/q6*-1;+6. The first-order valence-electron chi connectivity index (χ1n) is 0. The Hall–Kier alpha value is 0.448. The van der Waals surface area contributed by atoms with E-state index in [2.05, 4.69) is 0 Å². The zero-order valence-corrected chi connectivity index (χ0v) is 6.81. The van der Waals surface area contributed by atoms with E-state index in [4.69, 9.17) is 0 Å². The van der Waals surface area contributed by atoms with Crippen LogP contribution >= 0.6 is 0 Å². The van der Waals surface area contributed by atoms with Gasteiger partial charge in [0.25, 0.3) is 0 Å². The normalized spacial score (nSPS) is 0. The molecule has 7 heteroatoms. The zero-order chi connectivity index (χ0) is 0. The summed E-state index contributed by atoms with van der Waals surface area (Å²) < 4.78 is 0. The molecule has 0 heterocycles. The SMILES string of the molecule is [NH2-].[NH2-].[NH2-].[NH2-].[NH2-].[NH2-].[W+6]. The Labute approximate surface area is 58.6 Å². The molecule has 0 bridgehead atoms. The second-order valence-electron chi connectivity index (χ2n) is 0. The summed E-state index contributed by atoms with van der Waals surface area (Å²) in [5.41, 5.74) is 0. The number of hydrogen-bond acceptors (Lipinski definition) is 0. The second-order valence-corrected chi connectivity index (χ2v) is 0. The van der Waals surface area contributed by atoms with Gasteiger partial charge in [0.05, 0.1) is 0 Å². The predicted octanol–water partition coefficient (Wildman–Crippen LogP) is 4.30. The van der Waals surface area contributed by atoms with E-state index < -0.39 is 0 Å². The van der Waals surface area contributed by atoms with Crippen molar-refractivity contribution in [2.75, 3.05) is 0 Å². The summed E-state index contributed by atoms with van der Waals surface area (Å²) in [5.74, 6) is 0. The number of hydrogen-bond donors (Lipinski definition) is 0. The van der Waals surface area contributed by atoms with Crippen molar-refractivity contribution in [3.63, 3.8) is 0 Å². The summed E-state index contributed by atoms with van der Waals surface area (Å²) in [6.45, 7) is 0.